The lowest BCUT2D eigenvalue weighted by Gasteiger charge is -2.32. The third kappa shape index (κ3) is 4.27. The SMILES string of the molecule is CC(C)(C)c1ccc(OCC2CCN(C(=O)C3CC3)CC2)cc1. The van der Waals surface area contributed by atoms with E-state index in [4.69, 9.17) is 4.74 Å². The van der Waals surface area contributed by atoms with Crippen LogP contribution in [-0.4, -0.2) is 30.5 Å². The molecule has 1 aliphatic heterocycles. The van der Waals surface area contributed by atoms with Crippen molar-refractivity contribution >= 4 is 5.91 Å². The number of carbonyl (C=O) groups is 1. The Morgan fingerprint density at radius 3 is 2.22 bits per heavy atom. The van der Waals surface area contributed by atoms with Gasteiger partial charge in [0.05, 0.1) is 6.61 Å². The minimum Gasteiger partial charge on any atom is -0.493 e. The molecule has 0 unspecified atom stereocenters. The number of hydrogen-bond donors (Lipinski definition) is 0. The van der Waals surface area contributed by atoms with Gasteiger partial charge in [-0.3, -0.25) is 4.79 Å². The molecule has 126 valence electrons. The second kappa shape index (κ2) is 6.54. The Balaban J connectivity index is 1.43. The van der Waals surface area contributed by atoms with E-state index in [1.807, 2.05) is 0 Å². The lowest BCUT2D eigenvalue weighted by Crippen LogP contribution is -2.40. The molecular weight excluding hydrogens is 286 g/mol. The minimum absolute atomic E-state index is 0.180. The van der Waals surface area contributed by atoms with Crippen molar-refractivity contribution in [1.82, 2.24) is 4.90 Å². The molecule has 2 aliphatic rings. The molecule has 1 aromatic carbocycles. The molecule has 0 spiro atoms. The maximum absolute atomic E-state index is 12.1. The topological polar surface area (TPSA) is 29.5 Å². The maximum atomic E-state index is 12.1. The van der Waals surface area contributed by atoms with Gasteiger partial charge in [-0.1, -0.05) is 32.9 Å². The van der Waals surface area contributed by atoms with Crippen LogP contribution in [0.5, 0.6) is 5.75 Å². The first-order valence-corrected chi connectivity index (χ1v) is 8.95. The molecular formula is C20H29NO2. The van der Waals surface area contributed by atoms with Gasteiger partial charge in [0, 0.05) is 19.0 Å². The van der Waals surface area contributed by atoms with Gasteiger partial charge in [0.15, 0.2) is 0 Å². The summed E-state index contributed by atoms with van der Waals surface area (Å²) in [6.45, 7) is 9.25. The van der Waals surface area contributed by atoms with E-state index in [2.05, 4.69) is 49.9 Å². The van der Waals surface area contributed by atoms with E-state index >= 15 is 0 Å². The molecule has 3 nitrogen and oxygen atoms in total. The van der Waals surface area contributed by atoms with Crippen LogP contribution in [-0.2, 0) is 10.2 Å². The molecule has 23 heavy (non-hydrogen) atoms. The van der Waals surface area contributed by atoms with Gasteiger partial charge in [-0.05, 0) is 54.7 Å². The summed E-state index contributed by atoms with van der Waals surface area (Å²) < 4.78 is 5.97. The number of nitrogens with zero attached hydrogens (tertiary/aromatic N) is 1. The molecule has 1 aromatic rings. The van der Waals surface area contributed by atoms with E-state index in [1.54, 1.807) is 0 Å². The summed E-state index contributed by atoms with van der Waals surface area (Å²) in [5, 5.41) is 0. The van der Waals surface area contributed by atoms with Gasteiger partial charge in [-0.2, -0.15) is 0 Å². The van der Waals surface area contributed by atoms with Crippen molar-refractivity contribution in [2.45, 2.75) is 51.9 Å². The first kappa shape index (κ1) is 16.4. The second-order valence-electron chi connectivity index (χ2n) is 8.13. The van der Waals surface area contributed by atoms with E-state index in [9.17, 15) is 4.79 Å². The Kier molecular flexibility index (Phi) is 4.65. The van der Waals surface area contributed by atoms with Crippen molar-refractivity contribution in [3.8, 4) is 5.75 Å². The zero-order chi connectivity index (χ0) is 16.4. The molecule has 0 radical (unpaired) electrons. The third-order valence-corrected chi connectivity index (χ3v) is 5.06. The molecule has 1 saturated carbocycles. The van der Waals surface area contributed by atoms with Crippen LogP contribution in [0.4, 0.5) is 0 Å². The molecule has 1 heterocycles. The normalized spacial score (nSPS) is 19.7. The maximum Gasteiger partial charge on any atom is 0.225 e. The number of rotatable bonds is 4. The van der Waals surface area contributed by atoms with Crippen LogP contribution < -0.4 is 4.74 Å². The molecule has 0 atom stereocenters. The molecule has 1 amide bonds. The van der Waals surface area contributed by atoms with Crippen molar-refractivity contribution in [3.05, 3.63) is 29.8 Å². The van der Waals surface area contributed by atoms with Crippen LogP contribution in [0.25, 0.3) is 0 Å². The highest BCUT2D eigenvalue weighted by Gasteiger charge is 2.34. The molecule has 0 bridgehead atoms. The van der Waals surface area contributed by atoms with Crippen LogP contribution in [0.2, 0.25) is 0 Å². The summed E-state index contributed by atoms with van der Waals surface area (Å²) in [6.07, 6.45) is 4.34. The average molecular weight is 315 g/mol. The van der Waals surface area contributed by atoms with Crippen molar-refractivity contribution in [2.75, 3.05) is 19.7 Å². The predicted molar refractivity (Wildman–Crippen MR) is 92.7 cm³/mol. The van der Waals surface area contributed by atoms with E-state index in [-0.39, 0.29) is 5.41 Å². The fourth-order valence-electron chi connectivity index (χ4n) is 3.17. The zero-order valence-corrected chi connectivity index (χ0v) is 14.7. The van der Waals surface area contributed by atoms with Gasteiger partial charge in [-0.15, -0.1) is 0 Å². The van der Waals surface area contributed by atoms with Crippen LogP contribution in [0.15, 0.2) is 24.3 Å². The Hall–Kier alpha value is -1.51. The van der Waals surface area contributed by atoms with Gasteiger partial charge in [0.2, 0.25) is 5.91 Å². The number of hydrogen-bond acceptors (Lipinski definition) is 2. The molecule has 2 fully saturated rings. The van der Waals surface area contributed by atoms with Gasteiger partial charge >= 0.3 is 0 Å². The quantitative estimate of drug-likeness (QED) is 0.840. The smallest absolute Gasteiger partial charge is 0.225 e. The zero-order valence-electron chi connectivity index (χ0n) is 14.7. The Labute approximate surface area is 140 Å². The Morgan fingerprint density at radius 2 is 1.70 bits per heavy atom. The number of amides is 1. The summed E-state index contributed by atoms with van der Waals surface area (Å²) in [4.78, 5) is 14.1. The minimum atomic E-state index is 0.180. The summed E-state index contributed by atoms with van der Waals surface area (Å²) in [6, 6.07) is 8.47. The van der Waals surface area contributed by atoms with E-state index in [0.717, 1.165) is 51.1 Å². The fourth-order valence-corrected chi connectivity index (χ4v) is 3.17. The molecule has 3 heteroatoms. The highest BCUT2D eigenvalue weighted by Crippen LogP contribution is 2.32. The van der Waals surface area contributed by atoms with Crippen molar-refractivity contribution in [1.29, 1.82) is 0 Å². The lowest BCUT2D eigenvalue weighted by molar-refractivity contribution is -0.134. The molecule has 0 aromatic heterocycles. The largest absolute Gasteiger partial charge is 0.493 e. The highest BCUT2D eigenvalue weighted by atomic mass is 16.5. The standard InChI is InChI=1S/C20H29NO2/c1-20(2,3)17-6-8-18(9-7-17)23-14-15-10-12-21(13-11-15)19(22)16-4-5-16/h6-9,15-16H,4-5,10-14H2,1-3H3. The fraction of sp³-hybridized carbons (Fsp3) is 0.650. The van der Waals surface area contributed by atoms with Gasteiger partial charge in [0.1, 0.15) is 5.75 Å². The number of likely N-dealkylation sites (tertiary alicyclic amines) is 1. The monoisotopic (exact) mass is 315 g/mol. The highest BCUT2D eigenvalue weighted by molar-refractivity contribution is 5.81. The Bertz CT molecular complexity index is 532. The van der Waals surface area contributed by atoms with E-state index in [1.165, 1.54) is 5.56 Å². The summed E-state index contributed by atoms with van der Waals surface area (Å²) >= 11 is 0. The average Bonchev–Trinajstić information content (AvgIpc) is 3.37. The van der Waals surface area contributed by atoms with Crippen LogP contribution in [0, 0.1) is 11.8 Å². The van der Waals surface area contributed by atoms with E-state index in [0.29, 0.717) is 17.7 Å². The molecule has 1 saturated heterocycles. The molecule has 3 rings (SSSR count). The number of carbonyl (C=O) groups excluding carboxylic acids is 1. The van der Waals surface area contributed by atoms with Crippen LogP contribution in [0.1, 0.15) is 52.0 Å². The van der Waals surface area contributed by atoms with Gasteiger partial charge < -0.3 is 9.64 Å². The first-order chi connectivity index (χ1) is 10.9. The second-order valence-corrected chi connectivity index (χ2v) is 8.13. The Morgan fingerprint density at radius 1 is 1.09 bits per heavy atom. The molecule has 0 N–H and O–H groups in total. The third-order valence-electron chi connectivity index (χ3n) is 5.06. The summed E-state index contributed by atoms with van der Waals surface area (Å²) in [7, 11) is 0. The van der Waals surface area contributed by atoms with Gasteiger partial charge in [0.25, 0.3) is 0 Å². The van der Waals surface area contributed by atoms with E-state index < -0.39 is 0 Å². The summed E-state index contributed by atoms with van der Waals surface area (Å²) in [5.41, 5.74) is 1.51. The van der Waals surface area contributed by atoms with Gasteiger partial charge in [-0.25, -0.2) is 0 Å². The predicted octanol–water partition coefficient (Wildman–Crippen LogP) is 4.01. The van der Waals surface area contributed by atoms with Crippen molar-refractivity contribution in [2.24, 2.45) is 11.8 Å². The number of piperidine rings is 1. The number of benzene rings is 1. The lowest BCUT2D eigenvalue weighted by atomic mass is 9.87. The van der Waals surface area contributed by atoms with Crippen molar-refractivity contribution in [3.63, 3.8) is 0 Å². The molecule has 1 aliphatic carbocycles. The first-order valence-electron chi connectivity index (χ1n) is 8.95. The summed E-state index contributed by atoms with van der Waals surface area (Å²) in [5.74, 6) is 2.27. The van der Waals surface area contributed by atoms with Crippen molar-refractivity contribution < 1.29 is 9.53 Å². The van der Waals surface area contributed by atoms with Crippen LogP contribution >= 0.6 is 0 Å². The van der Waals surface area contributed by atoms with Crippen LogP contribution in [0.3, 0.4) is 0 Å². The number of ether oxygens (including phenoxy) is 1.